The largest absolute Gasteiger partial charge is 0.496 e. The van der Waals surface area contributed by atoms with Crippen molar-refractivity contribution in [1.29, 1.82) is 0 Å². The molecule has 0 fully saturated rings. The summed E-state index contributed by atoms with van der Waals surface area (Å²) in [7, 11) is 1.53. The quantitative estimate of drug-likeness (QED) is 0.784. The van der Waals surface area contributed by atoms with Gasteiger partial charge < -0.3 is 4.74 Å². The molecule has 0 aliphatic carbocycles. The van der Waals surface area contributed by atoms with Crippen LogP contribution in [0.15, 0.2) is 36.4 Å². The number of carbonyl (C=O) groups is 1. The molecule has 0 aliphatic rings. The van der Waals surface area contributed by atoms with Crippen LogP contribution in [0.2, 0.25) is 5.02 Å². The van der Waals surface area contributed by atoms with E-state index in [1.807, 2.05) is 0 Å². The number of methoxy groups -OCH3 is 1. The van der Waals surface area contributed by atoms with Gasteiger partial charge in [-0.15, -0.1) is 0 Å². The smallest absolute Gasteiger partial charge is 0.152 e. The summed E-state index contributed by atoms with van der Waals surface area (Å²) in [6, 6.07) is 9.47. The van der Waals surface area contributed by atoms with Crippen molar-refractivity contribution >= 4 is 17.9 Å². The first-order chi connectivity index (χ1) is 8.65. The Balaban J connectivity index is 2.57. The van der Waals surface area contributed by atoms with Crippen LogP contribution in [0.1, 0.15) is 10.4 Å². The van der Waals surface area contributed by atoms with Crippen molar-refractivity contribution in [2.24, 2.45) is 0 Å². The molecule has 0 saturated carbocycles. The number of hydrogen-bond acceptors (Lipinski definition) is 2. The maximum absolute atomic E-state index is 13.6. The molecule has 0 atom stereocenters. The van der Waals surface area contributed by atoms with Gasteiger partial charge in [0.2, 0.25) is 0 Å². The molecule has 0 spiro atoms. The Kier molecular flexibility index (Phi) is 3.63. The Morgan fingerprint density at radius 3 is 2.61 bits per heavy atom. The fraction of sp³-hybridized carbons (Fsp3) is 0.0714. The van der Waals surface area contributed by atoms with Gasteiger partial charge in [-0.2, -0.15) is 0 Å². The predicted octanol–water partition coefficient (Wildman–Crippen LogP) is 3.97. The molecule has 0 aromatic heterocycles. The Morgan fingerprint density at radius 2 is 2.00 bits per heavy atom. The van der Waals surface area contributed by atoms with Gasteiger partial charge in [-0.3, -0.25) is 4.79 Å². The lowest BCUT2D eigenvalue weighted by atomic mass is 10.0. The minimum absolute atomic E-state index is 0.0275. The van der Waals surface area contributed by atoms with Gasteiger partial charge in [0.15, 0.2) is 6.29 Å². The highest BCUT2D eigenvalue weighted by Gasteiger charge is 2.09. The van der Waals surface area contributed by atoms with Crippen molar-refractivity contribution in [1.82, 2.24) is 0 Å². The van der Waals surface area contributed by atoms with Gasteiger partial charge in [0.1, 0.15) is 11.6 Å². The van der Waals surface area contributed by atoms with Gasteiger partial charge in [0.25, 0.3) is 0 Å². The van der Waals surface area contributed by atoms with E-state index in [2.05, 4.69) is 0 Å². The van der Waals surface area contributed by atoms with Crippen LogP contribution < -0.4 is 4.74 Å². The molecule has 0 N–H and O–H groups in total. The number of rotatable bonds is 3. The van der Waals surface area contributed by atoms with Crippen LogP contribution in [0.3, 0.4) is 0 Å². The number of halogens is 2. The maximum Gasteiger partial charge on any atom is 0.152 e. The molecule has 2 aromatic carbocycles. The van der Waals surface area contributed by atoms with E-state index in [-0.39, 0.29) is 5.56 Å². The lowest BCUT2D eigenvalue weighted by Crippen LogP contribution is -1.91. The van der Waals surface area contributed by atoms with Gasteiger partial charge in [0.05, 0.1) is 12.7 Å². The van der Waals surface area contributed by atoms with Crippen LogP contribution in [0.4, 0.5) is 4.39 Å². The predicted molar refractivity (Wildman–Crippen MR) is 68.8 cm³/mol. The highest BCUT2D eigenvalue weighted by Crippen LogP contribution is 2.33. The first kappa shape index (κ1) is 12.6. The molecule has 0 amide bonds. The first-order valence-electron chi connectivity index (χ1n) is 5.24. The minimum Gasteiger partial charge on any atom is -0.496 e. The molecule has 18 heavy (non-hydrogen) atoms. The Bertz CT molecular complexity index is 596. The molecule has 0 heterocycles. The van der Waals surface area contributed by atoms with Crippen LogP contribution in [0, 0.1) is 5.82 Å². The van der Waals surface area contributed by atoms with Crippen LogP contribution >= 0.6 is 11.6 Å². The van der Waals surface area contributed by atoms with Gasteiger partial charge in [-0.05, 0) is 35.9 Å². The number of carbonyl (C=O) groups excluding carboxylic acids is 1. The zero-order valence-electron chi connectivity index (χ0n) is 9.61. The van der Waals surface area contributed by atoms with Gasteiger partial charge >= 0.3 is 0 Å². The Hall–Kier alpha value is -1.87. The highest BCUT2D eigenvalue weighted by molar-refractivity contribution is 6.31. The summed E-state index contributed by atoms with van der Waals surface area (Å²) < 4.78 is 18.8. The monoisotopic (exact) mass is 264 g/mol. The minimum atomic E-state index is -0.565. The Morgan fingerprint density at radius 1 is 1.22 bits per heavy atom. The van der Waals surface area contributed by atoms with E-state index in [0.717, 1.165) is 0 Å². The molecule has 0 radical (unpaired) electrons. The third kappa shape index (κ3) is 2.36. The molecule has 92 valence electrons. The molecule has 2 aromatic rings. The summed E-state index contributed by atoms with van der Waals surface area (Å²) in [6.07, 6.45) is 0.480. The fourth-order valence-corrected chi connectivity index (χ4v) is 1.87. The van der Waals surface area contributed by atoms with Gasteiger partial charge in [0, 0.05) is 10.6 Å². The van der Waals surface area contributed by atoms with E-state index in [9.17, 15) is 9.18 Å². The van der Waals surface area contributed by atoms with Crippen molar-refractivity contribution in [3.8, 4) is 16.9 Å². The summed E-state index contributed by atoms with van der Waals surface area (Å²) in [5.74, 6) is 0.0298. The molecule has 0 aliphatic heterocycles. The SMILES string of the molecule is COc1ccc(Cl)cc1-c1ccc(C=O)c(F)c1. The van der Waals surface area contributed by atoms with E-state index in [1.165, 1.54) is 19.2 Å². The summed E-state index contributed by atoms with van der Waals surface area (Å²) in [4.78, 5) is 10.6. The lowest BCUT2D eigenvalue weighted by Gasteiger charge is -2.09. The fourth-order valence-electron chi connectivity index (χ4n) is 1.70. The first-order valence-corrected chi connectivity index (χ1v) is 5.62. The van der Waals surface area contributed by atoms with E-state index < -0.39 is 5.82 Å². The van der Waals surface area contributed by atoms with Gasteiger partial charge in [-0.1, -0.05) is 17.7 Å². The number of aldehydes is 1. The zero-order valence-corrected chi connectivity index (χ0v) is 10.4. The standard InChI is InChI=1S/C14H10ClFO2/c1-18-14-5-4-11(15)7-12(14)9-2-3-10(8-17)13(16)6-9/h2-8H,1H3. The third-order valence-corrected chi connectivity index (χ3v) is 2.84. The Labute approximate surface area is 109 Å². The normalized spacial score (nSPS) is 10.2. The van der Waals surface area contributed by atoms with Crippen molar-refractivity contribution in [3.05, 3.63) is 52.8 Å². The highest BCUT2D eigenvalue weighted by atomic mass is 35.5. The van der Waals surface area contributed by atoms with Crippen LogP contribution in [0.25, 0.3) is 11.1 Å². The average molecular weight is 265 g/mol. The summed E-state index contributed by atoms with van der Waals surface area (Å²) in [6.45, 7) is 0. The number of ether oxygens (including phenoxy) is 1. The van der Waals surface area contributed by atoms with Crippen LogP contribution in [-0.2, 0) is 0 Å². The lowest BCUT2D eigenvalue weighted by molar-refractivity contribution is 0.112. The van der Waals surface area contributed by atoms with Crippen LogP contribution in [-0.4, -0.2) is 13.4 Å². The van der Waals surface area contributed by atoms with Gasteiger partial charge in [-0.25, -0.2) is 4.39 Å². The van der Waals surface area contributed by atoms with Crippen molar-refractivity contribution in [2.75, 3.05) is 7.11 Å². The van der Waals surface area contributed by atoms with E-state index >= 15 is 0 Å². The molecule has 0 unspecified atom stereocenters. The molecule has 0 saturated heterocycles. The molecular weight excluding hydrogens is 255 g/mol. The molecule has 2 nitrogen and oxygen atoms in total. The second-order valence-corrected chi connectivity index (χ2v) is 4.14. The van der Waals surface area contributed by atoms with Crippen molar-refractivity contribution in [3.63, 3.8) is 0 Å². The van der Waals surface area contributed by atoms with E-state index in [1.54, 1.807) is 24.3 Å². The maximum atomic E-state index is 13.6. The number of hydrogen-bond donors (Lipinski definition) is 0. The second kappa shape index (κ2) is 5.19. The van der Waals surface area contributed by atoms with Crippen molar-refractivity contribution < 1.29 is 13.9 Å². The number of benzene rings is 2. The second-order valence-electron chi connectivity index (χ2n) is 3.70. The van der Waals surface area contributed by atoms with E-state index in [4.69, 9.17) is 16.3 Å². The molecular formula is C14H10ClFO2. The van der Waals surface area contributed by atoms with Crippen LogP contribution in [0.5, 0.6) is 5.75 Å². The third-order valence-electron chi connectivity index (χ3n) is 2.60. The summed E-state index contributed by atoms with van der Waals surface area (Å²) >= 11 is 5.92. The van der Waals surface area contributed by atoms with Crippen molar-refractivity contribution in [2.45, 2.75) is 0 Å². The van der Waals surface area contributed by atoms with E-state index in [0.29, 0.717) is 28.2 Å². The zero-order chi connectivity index (χ0) is 13.1. The average Bonchev–Trinajstić information content (AvgIpc) is 2.38. The molecule has 4 heteroatoms. The summed E-state index contributed by atoms with van der Waals surface area (Å²) in [5.41, 5.74) is 1.32. The summed E-state index contributed by atoms with van der Waals surface area (Å²) in [5, 5.41) is 0.533. The topological polar surface area (TPSA) is 26.3 Å². The molecule has 2 rings (SSSR count). The molecule has 0 bridgehead atoms.